The van der Waals surface area contributed by atoms with Crippen LogP contribution in [0.2, 0.25) is 10.0 Å². The van der Waals surface area contributed by atoms with E-state index in [1.165, 1.54) is 32.5 Å². The van der Waals surface area contributed by atoms with Gasteiger partial charge in [0, 0.05) is 30.3 Å². The third-order valence-electron chi connectivity index (χ3n) is 5.21. The summed E-state index contributed by atoms with van der Waals surface area (Å²) in [6.07, 6.45) is 4.89. The zero-order valence-electron chi connectivity index (χ0n) is 19.6. The zero-order chi connectivity index (χ0) is 26.2. The van der Waals surface area contributed by atoms with Crippen LogP contribution in [0.4, 0.5) is 11.4 Å². The van der Waals surface area contributed by atoms with Crippen molar-refractivity contribution in [2.45, 2.75) is 38.6 Å². The maximum atomic E-state index is 12.4. The first-order valence-electron chi connectivity index (χ1n) is 11.1. The summed E-state index contributed by atoms with van der Waals surface area (Å²) in [6.45, 7) is 1.68. The Bertz CT molecular complexity index is 1290. The van der Waals surface area contributed by atoms with Gasteiger partial charge >= 0.3 is 11.6 Å². The van der Waals surface area contributed by atoms with Gasteiger partial charge in [0.25, 0.3) is 0 Å². The van der Waals surface area contributed by atoms with Crippen molar-refractivity contribution in [3.8, 4) is 11.5 Å². The van der Waals surface area contributed by atoms with Crippen LogP contribution in [-0.2, 0) is 9.59 Å². The standard InChI is InChI=1S/C24H25Cl2N3O7/c1-13(24(32)33)28-19(30)6-4-3-5-9-35-23-18(34-2)8-7-14-17(10-20(31)36-22(14)23)29-21-15(25)11-27-12-16(21)26/h7-8,10-13H,3-6,9H2,1-2H3,(H,27,29)(H,28,30)(H,32,33). The molecule has 0 spiro atoms. The SMILES string of the molecule is COc1ccc2c(Nc3c(Cl)cncc3Cl)cc(=O)oc2c1OCCCCCC(=O)NC(C)C(=O)O. The molecule has 1 unspecified atom stereocenters. The molecule has 10 nitrogen and oxygen atoms in total. The van der Waals surface area contributed by atoms with Crippen LogP contribution in [0.1, 0.15) is 32.6 Å². The Morgan fingerprint density at radius 2 is 1.89 bits per heavy atom. The van der Waals surface area contributed by atoms with Crippen molar-refractivity contribution in [1.29, 1.82) is 0 Å². The Morgan fingerprint density at radius 3 is 2.56 bits per heavy atom. The molecule has 0 aliphatic rings. The Kier molecular flexibility index (Phi) is 9.38. The van der Waals surface area contributed by atoms with Crippen LogP contribution in [0, 0.1) is 0 Å². The molecule has 3 rings (SSSR count). The van der Waals surface area contributed by atoms with Crippen molar-refractivity contribution in [1.82, 2.24) is 10.3 Å². The van der Waals surface area contributed by atoms with Gasteiger partial charge in [0.05, 0.1) is 35.1 Å². The topological polar surface area (TPSA) is 140 Å². The fraction of sp³-hybridized carbons (Fsp3) is 0.333. The Hall–Kier alpha value is -3.50. The van der Waals surface area contributed by atoms with Crippen molar-refractivity contribution in [3.63, 3.8) is 0 Å². The Balaban J connectivity index is 1.71. The highest BCUT2D eigenvalue weighted by molar-refractivity contribution is 6.39. The van der Waals surface area contributed by atoms with Crippen LogP contribution < -0.4 is 25.7 Å². The molecule has 0 fully saturated rings. The monoisotopic (exact) mass is 537 g/mol. The molecule has 3 aromatic rings. The van der Waals surface area contributed by atoms with E-state index in [0.717, 1.165) is 0 Å². The number of methoxy groups -OCH3 is 1. The first kappa shape index (κ1) is 27.1. The van der Waals surface area contributed by atoms with Gasteiger partial charge in [-0.3, -0.25) is 14.6 Å². The van der Waals surface area contributed by atoms with Crippen LogP contribution in [0.5, 0.6) is 11.5 Å². The molecular weight excluding hydrogens is 513 g/mol. The molecule has 36 heavy (non-hydrogen) atoms. The van der Waals surface area contributed by atoms with Crippen molar-refractivity contribution in [2.75, 3.05) is 19.0 Å². The summed E-state index contributed by atoms with van der Waals surface area (Å²) >= 11 is 12.4. The molecule has 2 heterocycles. The first-order valence-corrected chi connectivity index (χ1v) is 11.8. The highest BCUT2D eigenvalue weighted by Gasteiger charge is 2.18. The number of anilines is 2. The number of ether oxygens (including phenoxy) is 2. The number of hydrogen-bond donors (Lipinski definition) is 3. The molecule has 2 aromatic heterocycles. The van der Waals surface area contributed by atoms with E-state index >= 15 is 0 Å². The molecule has 1 aromatic carbocycles. The second-order valence-electron chi connectivity index (χ2n) is 7.84. The minimum Gasteiger partial charge on any atom is -0.493 e. The van der Waals surface area contributed by atoms with Gasteiger partial charge in [-0.1, -0.05) is 23.2 Å². The molecule has 12 heteroatoms. The molecule has 0 radical (unpaired) electrons. The maximum Gasteiger partial charge on any atom is 0.338 e. The number of fused-ring (bicyclic) bond motifs is 1. The largest absolute Gasteiger partial charge is 0.493 e. The summed E-state index contributed by atoms with van der Waals surface area (Å²) in [5.74, 6) is -0.768. The lowest BCUT2D eigenvalue weighted by molar-refractivity contribution is -0.141. The lowest BCUT2D eigenvalue weighted by atomic mass is 10.1. The van der Waals surface area contributed by atoms with Gasteiger partial charge in [0.1, 0.15) is 6.04 Å². The average Bonchev–Trinajstić information content (AvgIpc) is 2.83. The van der Waals surface area contributed by atoms with E-state index in [-0.39, 0.29) is 40.3 Å². The predicted octanol–water partition coefficient (Wildman–Crippen LogP) is 4.78. The summed E-state index contributed by atoms with van der Waals surface area (Å²) in [4.78, 5) is 38.9. The van der Waals surface area contributed by atoms with Crippen LogP contribution >= 0.6 is 23.2 Å². The predicted molar refractivity (Wildman–Crippen MR) is 136 cm³/mol. The fourth-order valence-electron chi connectivity index (χ4n) is 3.36. The van der Waals surface area contributed by atoms with E-state index in [0.29, 0.717) is 41.8 Å². The van der Waals surface area contributed by atoms with E-state index in [4.69, 9.17) is 42.2 Å². The lowest BCUT2D eigenvalue weighted by Gasteiger charge is -2.15. The summed E-state index contributed by atoms with van der Waals surface area (Å²) < 4.78 is 16.8. The number of amides is 1. The summed E-state index contributed by atoms with van der Waals surface area (Å²) in [6, 6.07) is 3.75. The molecule has 0 saturated heterocycles. The summed E-state index contributed by atoms with van der Waals surface area (Å²) in [5, 5.41) is 15.4. The van der Waals surface area contributed by atoms with Gasteiger partial charge in [-0.15, -0.1) is 0 Å². The number of nitrogens with zero attached hydrogens (tertiary/aromatic N) is 1. The van der Waals surface area contributed by atoms with Gasteiger partial charge in [-0.05, 0) is 38.3 Å². The first-order chi connectivity index (χ1) is 17.2. The maximum absolute atomic E-state index is 12.4. The van der Waals surface area contributed by atoms with Crippen molar-refractivity contribution in [2.24, 2.45) is 0 Å². The van der Waals surface area contributed by atoms with Crippen LogP contribution in [0.3, 0.4) is 0 Å². The number of unbranched alkanes of at least 4 members (excludes halogenated alkanes) is 2. The molecule has 0 bridgehead atoms. The quantitative estimate of drug-likeness (QED) is 0.220. The van der Waals surface area contributed by atoms with Crippen molar-refractivity contribution >= 4 is 57.4 Å². The number of aromatic nitrogens is 1. The number of carbonyl (C=O) groups excluding carboxylic acids is 1. The third-order valence-corrected chi connectivity index (χ3v) is 5.78. The molecule has 192 valence electrons. The highest BCUT2D eigenvalue weighted by atomic mass is 35.5. The molecule has 0 saturated carbocycles. The molecule has 1 amide bonds. The zero-order valence-corrected chi connectivity index (χ0v) is 21.1. The van der Waals surface area contributed by atoms with Crippen LogP contribution in [-0.4, -0.2) is 41.7 Å². The second kappa shape index (κ2) is 12.5. The molecule has 3 N–H and O–H groups in total. The Labute approximate surface area is 216 Å². The lowest BCUT2D eigenvalue weighted by Crippen LogP contribution is -2.38. The minimum absolute atomic E-state index is 0.188. The average molecular weight is 538 g/mol. The minimum atomic E-state index is -1.09. The van der Waals surface area contributed by atoms with Crippen LogP contribution in [0.25, 0.3) is 11.0 Å². The summed E-state index contributed by atoms with van der Waals surface area (Å²) in [7, 11) is 1.47. The van der Waals surface area contributed by atoms with E-state index in [9.17, 15) is 14.4 Å². The van der Waals surface area contributed by atoms with Crippen molar-refractivity contribution in [3.05, 3.63) is 51.1 Å². The van der Waals surface area contributed by atoms with Gasteiger partial charge in [0.2, 0.25) is 11.7 Å². The molecular formula is C24H25Cl2N3O7. The third kappa shape index (κ3) is 6.79. The number of hydrogen-bond acceptors (Lipinski definition) is 8. The highest BCUT2D eigenvalue weighted by Crippen LogP contribution is 2.40. The van der Waals surface area contributed by atoms with E-state index in [1.54, 1.807) is 12.1 Å². The van der Waals surface area contributed by atoms with E-state index in [1.807, 2.05) is 0 Å². The summed E-state index contributed by atoms with van der Waals surface area (Å²) in [5.41, 5.74) is 0.365. The van der Waals surface area contributed by atoms with Crippen molar-refractivity contribution < 1.29 is 28.6 Å². The number of carbonyl (C=O) groups is 2. The molecule has 0 aliphatic heterocycles. The normalized spacial score (nSPS) is 11.7. The number of benzene rings is 1. The number of aliphatic carboxylic acids is 1. The number of nitrogens with one attached hydrogen (secondary N) is 2. The number of halogens is 2. The second-order valence-corrected chi connectivity index (χ2v) is 8.66. The van der Waals surface area contributed by atoms with E-state index in [2.05, 4.69) is 15.6 Å². The fourth-order valence-corrected chi connectivity index (χ4v) is 3.82. The van der Waals surface area contributed by atoms with Gasteiger partial charge in [-0.25, -0.2) is 4.79 Å². The number of rotatable bonds is 12. The van der Waals surface area contributed by atoms with Gasteiger partial charge < -0.3 is 29.6 Å². The Morgan fingerprint density at radius 1 is 1.17 bits per heavy atom. The van der Waals surface area contributed by atoms with E-state index < -0.39 is 17.6 Å². The number of pyridine rings is 1. The number of carboxylic acids is 1. The van der Waals surface area contributed by atoms with Gasteiger partial charge in [-0.2, -0.15) is 0 Å². The van der Waals surface area contributed by atoms with Gasteiger partial charge in [0.15, 0.2) is 11.3 Å². The number of carboxylic acid groups (broad SMARTS) is 1. The smallest absolute Gasteiger partial charge is 0.338 e. The van der Waals surface area contributed by atoms with Crippen LogP contribution in [0.15, 0.2) is 39.8 Å². The molecule has 1 atom stereocenters. The molecule has 0 aliphatic carbocycles.